The number of rotatable bonds is 12. The summed E-state index contributed by atoms with van der Waals surface area (Å²) in [5.74, 6) is 1.45. The molecule has 0 spiro atoms. The van der Waals surface area contributed by atoms with Gasteiger partial charge in [-0.1, -0.05) is 55.8 Å². The van der Waals surface area contributed by atoms with Crippen LogP contribution in [0, 0.1) is 0 Å². The van der Waals surface area contributed by atoms with Crippen molar-refractivity contribution in [2.24, 2.45) is 0 Å². The average molecular weight is 542 g/mol. The van der Waals surface area contributed by atoms with Gasteiger partial charge in [0.2, 0.25) is 5.91 Å². The first kappa shape index (κ1) is 28.2. The molecule has 3 amide bonds. The lowest BCUT2D eigenvalue weighted by atomic mass is 10.1. The van der Waals surface area contributed by atoms with Gasteiger partial charge in [0.15, 0.2) is 0 Å². The van der Waals surface area contributed by atoms with Crippen LogP contribution in [-0.4, -0.2) is 53.4 Å². The minimum atomic E-state index is -0.371. The number of aromatic nitrogens is 2. The van der Waals surface area contributed by atoms with Gasteiger partial charge >= 0.3 is 6.03 Å². The summed E-state index contributed by atoms with van der Waals surface area (Å²) in [6.07, 6.45) is 1.64. The van der Waals surface area contributed by atoms with Gasteiger partial charge in [0, 0.05) is 18.2 Å². The lowest BCUT2D eigenvalue weighted by Crippen LogP contribution is -2.41. The molecule has 9 nitrogen and oxygen atoms in total. The molecule has 0 fully saturated rings. The van der Waals surface area contributed by atoms with E-state index in [-0.39, 0.29) is 18.5 Å². The third-order valence-corrected chi connectivity index (χ3v) is 6.20. The number of benzene rings is 3. The van der Waals surface area contributed by atoms with Crippen molar-refractivity contribution in [2.45, 2.75) is 26.7 Å². The van der Waals surface area contributed by atoms with Crippen molar-refractivity contribution >= 4 is 23.4 Å². The predicted octanol–water partition coefficient (Wildman–Crippen LogP) is 6.22. The lowest BCUT2D eigenvalue weighted by molar-refractivity contribution is -0.116. The number of hydrogen-bond acceptors (Lipinski definition) is 5. The van der Waals surface area contributed by atoms with E-state index < -0.39 is 0 Å². The fourth-order valence-corrected chi connectivity index (χ4v) is 4.14. The average Bonchev–Trinajstić information content (AvgIpc) is 3.40. The van der Waals surface area contributed by atoms with E-state index in [9.17, 15) is 9.59 Å². The molecule has 40 heavy (non-hydrogen) atoms. The molecular weight excluding hydrogens is 506 g/mol. The van der Waals surface area contributed by atoms with Crippen molar-refractivity contribution < 1.29 is 19.1 Å². The Kier molecular flexibility index (Phi) is 9.77. The van der Waals surface area contributed by atoms with Crippen molar-refractivity contribution in [3.63, 3.8) is 0 Å². The molecule has 1 aromatic heterocycles. The highest BCUT2D eigenvalue weighted by atomic mass is 16.5. The molecule has 4 rings (SSSR count). The van der Waals surface area contributed by atoms with Crippen molar-refractivity contribution in [3.05, 3.63) is 84.9 Å². The number of para-hydroxylation sites is 2. The summed E-state index contributed by atoms with van der Waals surface area (Å²) in [4.78, 5) is 28.1. The molecule has 0 bridgehead atoms. The monoisotopic (exact) mass is 541 g/mol. The Balaban J connectivity index is 1.56. The summed E-state index contributed by atoms with van der Waals surface area (Å²) in [5.41, 5.74) is 2.94. The van der Waals surface area contributed by atoms with E-state index in [1.165, 1.54) is 4.90 Å². The normalized spacial score (nSPS) is 10.6. The van der Waals surface area contributed by atoms with Gasteiger partial charge < -0.3 is 25.0 Å². The second kappa shape index (κ2) is 13.8. The summed E-state index contributed by atoms with van der Waals surface area (Å²) < 4.78 is 12.6. The molecule has 1 heterocycles. The summed E-state index contributed by atoms with van der Waals surface area (Å²) in [5, 5.41) is 10.6. The third-order valence-electron chi connectivity index (χ3n) is 6.20. The molecule has 0 aliphatic rings. The number of ether oxygens (including phenoxy) is 2. The Bertz CT molecular complexity index is 1400. The van der Waals surface area contributed by atoms with Crippen molar-refractivity contribution in [3.8, 4) is 28.4 Å². The zero-order chi connectivity index (χ0) is 28.3. The minimum absolute atomic E-state index is 0.128. The molecule has 208 valence electrons. The number of unbranched alkanes of at least 4 members (excludes halogenated alkanes) is 1. The van der Waals surface area contributed by atoms with E-state index in [0.717, 1.165) is 24.1 Å². The molecule has 0 unspecified atom stereocenters. The molecule has 0 atom stereocenters. The van der Waals surface area contributed by atoms with Gasteiger partial charge in [0.05, 0.1) is 30.8 Å². The topological polar surface area (TPSA) is 97.7 Å². The molecule has 3 aromatic carbocycles. The highest BCUT2D eigenvalue weighted by Gasteiger charge is 2.20. The van der Waals surface area contributed by atoms with Crippen LogP contribution in [-0.2, 0) is 4.79 Å². The molecule has 0 aliphatic heterocycles. The van der Waals surface area contributed by atoms with Crippen molar-refractivity contribution in [1.29, 1.82) is 0 Å². The van der Waals surface area contributed by atoms with Gasteiger partial charge in [0.25, 0.3) is 0 Å². The van der Waals surface area contributed by atoms with Gasteiger partial charge in [-0.3, -0.25) is 4.79 Å². The van der Waals surface area contributed by atoms with Crippen LogP contribution in [0.25, 0.3) is 16.9 Å². The number of amides is 3. The predicted molar refractivity (Wildman–Crippen MR) is 157 cm³/mol. The number of carbonyl (C=O) groups excluding carboxylic acids is 2. The number of urea groups is 1. The zero-order valence-electron chi connectivity index (χ0n) is 23.1. The highest BCUT2D eigenvalue weighted by molar-refractivity contribution is 5.97. The smallest absolute Gasteiger partial charge is 0.322 e. The van der Waals surface area contributed by atoms with Crippen molar-refractivity contribution in [1.82, 2.24) is 14.7 Å². The molecular formula is C31H35N5O4. The Morgan fingerprint density at radius 3 is 2.35 bits per heavy atom. The molecule has 0 saturated carbocycles. The van der Waals surface area contributed by atoms with E-state index in [4.69, 9.17) is 14.6 Å². The summed E-state index contributed by atoms with van der Waals surface area (Å²) in [6.45, 7) is 4.70. The largest absolute Gasteiger partial charge is 0.497 e. The SMILES string of the molecule is CCCCN(CC(=O)Nc1cc(-c2ccccc2)nn1-c1ccc(OC)cc1)C(=O)Nc1ccccc1OCC. The summed E-state index contributed by atoms with van der Waals surface area (Å²) >= 11 is 0. The van der Waals surface area contributed by atoms with Crippen LogP contribution >= 0.6 is 0 Å². The number of nitrogens with one attached hydrogen (secondary N) is 2. The standard InChI is InChI=1S/C31H35N5O4/c1-4-6-20-35(31(38)32-26-14-10-11-15-28(26)40-5-2)22-30(37)33-29-21-27(23-12-8-7-9-13-23)34-36(29)24-16-18-25(39-3)19-17-24/h7-19,21H,4-6,20,22H2,1-3H3,(H,32,38)(H,33,37). The van der Waals surface area contributed by atoms with Gasteiger partial charge in [-0.25, -0.2) is 9.48 Å². The van der Waals surface area contributed by atoms with Gasteiger partial charge in [-0.05, 0) is 49.7 Å². The van der Waals surface area contributed by atoms with Crippen LogP contribution < -0.4 is 20.1 Å². The van der Waals surface area contributed by atoms with Crippen LogP contribution in [0.15, 0.2) is 84.9 Å². The maximum Gasteiger partial charge on any atom is 0.322 e. The van der Waals surface area contributed by atoms with Crippen LogP contribution in [0.5, 0.6) is 11.5 Å². The lowest BCUT2D eigenvalue weighted by Gasteiger charge is -2.23. The van der Waals surface area contributed by atoms with Crippen LogP contribution in [0.3, 0.4) is 0 Å². The summed E-state index contributed by atoms with van der Waals surface area (Å²) in [6, 6.07) is 25.8. The minimum Gasteiger partial charge on any atom is -0.497 e. The maximum atomic E-state index is 13.3. The Hall–Kier alpha value is -4.79. The highest BCUT2D eigenvalue weighted by Crippen LogP contribution is 2.26. The number of carbonyl (C=O) groups is 2. The molecule has 0 aliphatic carbocycles. The fraction of sp³-hybridized carbons (Fsp3) is 0.258. The van der Waals surface area contributed by atoms with Crippen LogP contribution in [0.4, 0.5) is 16.3 Å². The molecule has 4 aromatic rings. The first-order valence-corrected chi connectivity index (χ1v) is 13.4. The zero-order valence-corrected chi connectivity index (χ0v) is 23.1. The number of hydrogen-bond donors (Lipinski definition) is 2. The Labute approximate surface area is 234 Å². The molecule has 0 saturated heterocycles. The van der Waals surface area contributed by atoms with Crippen molar-refractivity contribution in [2.75, 3.05) is 37.4 Å². The quantitative estimate of drug-likeness (QED) is 0.222. The fourth-order valence-electron chi connectivity index (χ4n) is 4.14. The molecule has 2 N–H and O–H groups in total. The number of nitrogens with zero attached hydrogens (tertiary/aromatic N) is 3. The Morgan fingerprint density at radius 1 is 0.925 bits per heavy atom. The Morgan fingerprint density at radius 2 is 1.65 bits per heavy atom. The first-order valence-electron chi connectivity index (χ1n) is 13.4. The van der Waals surface area contributed by atoms with E-state index in [1.54, 1.807) is 23.9 Å². The number of anilines is 2. The third kappa shape index (κ3) is 7.19. The van der Waals surface area contributed by atoms with Crippen LogP contribution in [0.1, 0.15) is 26.7 Å². The second-order valence-corrected chi connectivity index (χ2v) is 9.07. The second-order valence-electron chi connectivity index (χ2n) is 9.07. The number of methoxy groups -OCH3 is 1. The molecule has 9 heteroatoms. The maximum absolute atomic E-state index is 13.3. The van der Waals surface area contributed by atoms with E-state index in [1.807, 2.05) is 86.6 Å². The van der Waals surface area contributed by atoms with Gasteiger partial charge in [-0.15, -0.1) is 0 Å². The van der Waals surface area contributed by atoms with E-state index in [0.29, 0.717) is 41.8 Å². The first-order chi connectivity index (χ1) is 19.5. The van der Waals surface area contributed by atoms with Crippen LogP contribution in [0.2, 0.25) is 0 Å². The summed E-state index contributed by atoms with van der Waals surface area (Å²) in [7, 11) is 1.61. The molecule has 0 radical (unpaired) electrons. The van der Waals surface area contributed by atoms with E-state index >= 15 is 0 Å². The van der Waals surface area contributed by atoms with E-state index in [2.05, 4.69) is 10.6 Å². The van der Waals surface area contributed by atoms with Gasteiger partial charge in [-0.2, -0.15) is 5.10 Å². The van der Waals surface area contributed by atoms with Gasteiger partial charge in [0.1, 0.15) is 23.9 Å².